The summed E-state index contributed by atoms with van der Waals surface area (Å²) in [7, 11) is 0. The molecule has 0 amide bonds. The van der Waals surface area contributed by atoms with Gasteiger partial charge in [-0.3, -0.25) is 9.48 Å². The molecule has 1 aliphatic rings. The number of halogens is 1. The molecule has 0 spiro atoms. The van der Waals surface area contributed by atoms with Gasteiger partial charge in [-0.15, -0.1) is 0 Å². The Kier molecular flexibility index (Phi) is 2.94. The monoisotopic (exact) mass is 356 g/mol. The lowest BCUT2D eigenvalue weighted by Crippen LogP contribution is -2.10. The van der Waals surface area contributed by atoms with E-state index in [1.165, 1.54) is 0 Å². The van der Waals surface area contributed by atoms with Crippen molar-refractivity contribution in [2.45, 2.75) is 6.54 Å². The van der Waals surface area contributed by atoms with Crippen LogP contribution < -0.4 is 9.47 Å². The third-order valence-corrected chi connectivity index (χ3v) is 3.16. The minimum atomic E-state index is -0.00667. The summed E-state index contributed by atoms with van der Waals surface area (Å²) in [6, 6.07) is 5.20. The summed E-state index contributed by atoms with van der Waals surface area (Å²) in [5, 5.41) is 4.09. The van der Waals surface area contributed by atoms with E-state index in [1.807, 2.05) is 6.20 Å². The highest BCUT2D eigenvalue weighted by atomic mass is 127. The lowest BCUT2D eigenvalue weighted by atomic mass is 10.1. The number of benzene rings is 1. The SMILES string of the molecule is O=C(Cn1cc(I)cn1)c1ccc2c(c1)OCO2. The molecule has 2 heterocycles. The second-order valence-corrected chi connectivity index (χ2v) is 5.09. The van der Waals surface area contributed by atoms with Crippen molar-refractivity contribution in [1.82, 2.24) is 9.78 Å². The van der Waals surface area contributed by atoms with Crippen molar-refractivity contribution in [3.8, 4) is 11.5 Å². The van der Waals surface area contributed by atoms with Crippen molar-refractivity contribution in [3.05, 3.63) is 39.7 Å². The van der Waals surface area contributed by atoms with Crippen LogP contribution in [-0.4, -0.2) is 22.4 Å². The highest BCUT2D eigenvalue weighted by Gasteiger charge is 2.16. The van der Waals surface area contributed by atoms with Gasteiger partial charge in [0.1, 0.15) is 6.54 Å². The van der Waals surface area contributed by atoms with Gasteiger partial charge in [0.05, 0.1) is 9.77 Å². The maximum Gasteiger partial charge on any atom is 0.231 e. The van der Waals surface area contributed by atoms with Gasteiger partial charge >= 0.3 is 0 Å². The van der Waals surface area contributed by atoms with Crippen molar-refractivity contribution >= 4 is 28.4 Å². The van der Waals surface area contributed by atoms with E-state index in [-0.39, 0.29) is 19.1 Å². The van der Waals surface area contributed by atoms with Crippen LogP contribution in [0.1, 0.15) is 10.4 Å². The summed E-state index contributed by atoms with van der Waals surface area (Å²) in [5.74, 6) is 1.30. The van der Waals surface area contributed by atoms with E-state index in [2.05, 4.69) is 27.7 Å². The maximum atomic E-state index is 12.1. The fourth-order valence-electron chi connectivity index (χ4n) is 1.73. The van der Waals surface area contributed by atoms with Gasteiger partial charge in [-0.05, 0) is 40.8 Å². The van der Waals surface area contributed by atoms with Crippen LogP contribution in [0.4, 0.5) is 0 Å². The first-order valence-electron chi connectivity index (χ1n) is 5.33. The molecule has 0 aliphatic carbocycles. The number of rotatable bonds is 3. The van der Waals surface area contributed by atoms with Gasteiger partial charge in [-0.2, -0.15) is 5.10 Å². The Labute approximate surface area is 117 Å². The summed E-state index contributed by atoms with van der Waals surface area (Å²) in [6.07, 6.45) is 3.54. The van der Waals surface area contributed by atoms with Crippen molar-refractivity contribution in [2.75, 3.05) is 6.79 Å². The lowest BCUT2D eigenvalue weighted by molar-refractivity contribution is 0.0967. The van der Waals surface area contributed by atoms with Crippen molar-refractivity contribution in [1.29, 1.82) is 0 Å². The number of ketones is 1. The van der Waals surface area contributed by atoms with E-state index in [4.69, 9.17) is 9.47 Å². The largest absolute Gasteiger partial charge is 0.454 e. The zero-order chi connectivity index (χ0) is 12.5. The van der Waals surface area contributed by atoms with Crippen LogP contribution in [0.3, 0.4) is 0 Å². The molecular weight excluding hydrogens is 347 g/mol. The first-order chi connectivity index (χ1) is 8.72. The molecular formula is C12H9IN2O3. The van der Waals surface area contributed by atoms with Crippen LogP contribution in [0.5, 0.6) is 11.5 Å². The Morgan fingerprint density at radius 1 is 1.39 bits per heavy atom. The number of aromatic nitrogens is 2. The summed E-state index contributed by atoms with van der Waals surface area (Å²) >= 11 is 2.15. The third kappa shape index (κ3) is 2.20. The van der Waals surface area contributed by atoms with Gasteiger partial charge in [0.15, 0.2) is 17.3 Å². The molecule has 1 aliphatic heterocycles. The highest BCUT2D eigenvalue weighted by Crippen LogP contribution is 2.32. The van der Waals surface area contributed by atoms with Crippen LogP contribution in [0, 0.1) is 3.57 Å². The first kappa shape index (κ1) is 11.5. The topological polar surface area (TPSA) is 53.4 Å². The van der Waals surface area contributed by atoms with Crippen LogP contribution in [-0.2, 0) is 6.54 Å². The number of hydrogen-bond donors (Lipinski definition) is 0. The number of ether oxygens (including phenoxy) is 2. The van der Waals surface area contributed by atoms with E-state index in [1.54, 1.807) is 29.1 Å². The number of carbonyl (C=O) groups excluding carboxylic acids is 1. The first-order valence-corrected chi connectivity index (χ1v) is 6.41. The van der Waals surface area contributed by atoms with Gasteiger partial charge in [0.25, 0.3) is 0 Å². The Hall–Kier alpha value is -1.57. The standard InChI is InChI=1S/C12H9IN2O3/c13-9-4-14-15(5-9)6-10(16)8-1-2-11-12(3-8)18-7-17-11/h1-5H,6-7H2. The van der Waals surface area contributed by atoms with E-state index in [0.29, 0.717) is 17.1 Å². The molecule has 0 radical (unpaired) electrons. The summed E-state index contributed by atoms with van der Waals surface area (Å²) < 4.78 is 13.1. The van der Waals surface area contributed by atoms with E-state index < -0.39 is 0 Å². The minimum absolute atomic E-state index is 0.00667. The molecule has 6 heteroatoms. The Bertz CT molecular complexity index is 609. The average molecular weight is 356 g/mol. The predicted octanol–water partition coefficient (Wildman–Crippen LogP) is 2.10. The van der Waals surface area contributed by atoms with Crippen LogP contribution in [0.25, 0.3) is 0 Å². The molecule has 3 rings (SSSR count). The Morgan fingerprint density at radius 2 is 2.22 bits per heavy atom. The molecule has 0 saturated heterocycles. The number of nitrogens with zero attached hydrogens (tertiary/aromatic N) is 2. The van der Waals surface area contributed by atoms with Crippen LogP contribution in [0.15, 0.2) is 30.6 Å². The quantitative estimate of drug-likeness (QED) is 0.625. The minimum Gasteiger partial charge on any atom is -0.454 e. The molecule has 0 fully saturated rings. The smallest absolute Gasteiger partial charge is 0.231 e. The normalized spacial score (nSPS) is 12.7. The van der Waals surface area contributed by atoms with Crippen molar-refractivity contribution in [2.24, 2.45) is 0 Å². The molecule has 0 N–H and O–H groups in total. The molecule has 0 atom stereocenters. The summed E-state index contributed by atoms with van der Waals surface area (Å²) in [6.45, 7) is 0.437. The molecule has 0 saturated carbocycles. The summed E-state index contributed by atoms with van der Waals surface area (Å²) in [5.41, 5.74) is 0.602. The molecule has 0 unspecified atom stereocenters. The van der Waals surface area contributed by atoms with Crippen LogP contribution >= 0.6 is 22.6 Å². The Balaban J connectivity index is 1.80. The number of hydrogen-bond acceptors (Lipinski definition) is 4. The molecule has 0 bridgehead atoms. The third-order valence-electron chi connectivity index (χ3n) is 2.60. The van der Waals surface area contributed by atoms with Crippen LogP contribution in [0.2, 0.25) is 0 Å². The van der Waals surface area contributed by atoms with Gasteiger partial charge in [-0.1, -0.05) is 0 Å². The van der Waals surface area contributed by atoms with E-state index in [0.717, 1.165) is 3.57 Å². The van der Waals surface area contributed by atoms with Crippen molar-refractivity contribution < 1.29 is 14.3 Å². The van der Waals surface area contributed by atoms with E-state index in [9.17, 15) is 4.79 Å². The highest BCUT2D eigenvalue weighted by molar-refractivity contribution is 14.1. The number of fused-ring (bicyclic) bond motifs is 1. The second-order valence-electron chi connectivity index (χ2n) is 3.85. The molecule has 5 nitrogen and oxygen atoms in total. The van der Waals surface area contributed by atoms with Gasteiger partial charge in [-0.25, -0.2) is 0 Å². The van der Waals surface area contributed by atoms with Gasteiger partial charge < -0.3 is 9.47 Å². The zero-order valence-corrected chi connectivity index (χ0v) is 11.5. The Morgan fingerprint density at radius 3 is 3.00 bits per heavy atom. The molecule has 1 aromatic carbocycles. The molecule has 92 valence electrons. The molecule has 2 aromatic rings. The fraction of sp³-hybridized carbons (Fsp3) is 0.167. The van der Waals surface area contributed by atoms with E-state index >= 15 is 0 Å². The molecule has 1 aromatic heterocycles. The van der Waals surface area contributed by atoms with Gasteiger partial charge in [0, 0.05) is 11.8 Å². The van der Waals surface area contributed by atoms with Gasteiger partial charge in [0.2, 0.25) is 6.79 Å². The maximum absolute atomic E-state index is 12.1. The molecule has 18 heavy (non-hydrogen) atoms. The number of carbonyl (C=O) groups is 1. The number of Topliss-reactive ketones (excluding diaryl/α,β-unsaturated/α-hetero) is 1. The second kappa shape index (κ2) is 4.60. The van der Waals surface area contributed by atoms with Crippen molar-refractivity contribution in [3.63, 3.8) is 0 Å². The lowest BCUT2D eigenvalue weighted by Gasteiger charge is -2.02. The zero-order valence-electron chi connectivity index (χ0n) is 9.30. The fourth-order valence-corrected chi connectivity index (χ4v) is 2.18. The summed E-state index contributed by atoms with van der Waals surface area (Å²) in [4.78, 5) is 12.1. The predicted molar refractivity (Wildman–Crippen MR) is 71.8 cm³/mol. The average Bonchev–Trinajstić information content (AvgIpc) is 2.96.